The molecule has 1 aromatic heterocycles. The van der Waals surface area contributed by atoms with E-state index < -0.39 is 16.4 Å². The zero-order chi connectivity index (χ0) is 14.8. The summed E-state index contributed by atoms with van der Waals surface area (Å²) in [5.74, 6) is -0.783. The lowest BCUT2D eigenvalue weighted by Crippen LogP contribution is -2.12. The molecule has 21 heavy (non-hydrogen) atoms. The molecule has 1 aliphatic rings. The first kappa shape index (κ1) is 14.2. The van der Waals surface area contributed by atoms with Crippen LogP contribution >= 0.6 is 11.3 Å². The lowest BCUT2D eigenvalue weighted by molar-refractivity contribution is -0.387. The highest BCUT2D eigenvalue weighted by Crippen LogP contribution is 2.30. The Morgan fingerprint density at radius 3 is 2.86 bits per heavy atom. The summed E-state index contributed by atoms with van der Waals surface area (Å²) in [7, 11) is 0. The average Bonchev–Trinajstić information content (AvgIpc) is 2.99. The molecule has 4 nitrogen and oxygen atoms in total. The molecule has 3 rings (SSSR count). The lowest BCUT2D eigenvalue weighted by Gasteiger charge is -2.04. The molecule has 110 valence electrons. The van der Waals surface area contributed by atoms with Crippen molar-refractivity contribution in [3.8, 4) is 0 Å². The minimum atomic E-state index is -0.783. The summed E-state index contributed by atoms with van der Waals surface area (Å²) in [6, 6.07) is 6.27. The van der Waals surface area contributed by atoms with E-state index in [4.69, 9.17) is 0 Å². The molecule has 0 saturated carbocycles. The van der Waals surface area contributed by atoms with E-state index in [1.807, 2.05) is 11.3 Å². The van der Waals surface area contributed by atoms with E-state index in [0.717, 1.165) is 6.54 Å². The third kappa shape index (κ3) is 3.11. The summed E-state index contributed by atoms with van der Waals surface area (Å²) >= 11 is 1.84. The number of benzene rings is 1. The Hall–Kier alpha value is -1.79. The van der Waals surface area contributed by atoms with E-state index in [0.29, 0.717) is 12.1 Å². The van der Waals surface area contributed by atoms with E-state index in [1.54, 1.807) is 6.07 Å². The summed E-state index contributed by atoms with van der Waals surface area (Å²) < 4.78 is 13.5. The Morgan fingerprint density at radius 2 is 2.14 bits per heavy atom. The van der Waals surface area contributed by atoms with E-state index in [2.05, 4.69) is 11.4 Å². The molecule has 0 amide bonds. The van der Waals surface area contributed by atoms with Crippen molar-refractivity contribution < 1.29 is 9.31 Å². The molecule has 0 radical (unpaired) electrons. The Kier molecular flexibility index (Phi) is 3.98. The van der Waals surface area contributed by atoms with Gasteiger partial charge in [0.15, 0.2) is 0 Å². The summed E-state index contributed by atoms with van der Waals surface area (Å²) in [6.07, 6.45) is 3.63. The Balaban J connectivity index is 1.57. The molecular formula is C15H15FN2O2S. The number of nitrogens with zero attached hydrogens (tertiary/aromatic N) is 1. The van der Waals surface area contributed by atoms with Crippen LogP contribution in [0.2, 0.25) is 0 Å². The minimum absolute atomic E-state index is 0.478. The molecule has 0 unspecified atom stereocenters. The molecule has 2 aromatic rings. The van der Waals surface area contributed by atoms with Crippen molar-refractivity contribution in [1.82, 2.24) is 5.32 Å². The van der Waals surface area contributed by atoms with Gasteiger partial charge in [-0.25, -0.2) is 0 Å². The second-order valence-electron chi connectivity index (χ2n) is 5.16. The molecule has 1 N–H and O–H groups in total. The van der Waals surface area contributed by atoms with Gasteiger partial charge in [0.2, 0.25) is 5.82 Å². The molecule has 6 heteroatoms. The quantitative estimate of drug-likeness (QED) is 0.678. The SMILES string of the molecule is O=[N+]([O-])c1ccc(CNCc2cc3c(s2)CCC3)cc1F. The largest absolute Gasteiger partial charge is 0.308 e. The van der Waals surface area contributed by atoms with Crippen LogP contribution in [0, 0.1) is 15.9 Å². The average molecular weight is 306 g/mol. The van der Waals surface area contributed by atoms with Crippen molar-refractivity contribution in [1.29, 1.82) is 0 Å². The van der Waals surface area contributed by atoms with Crippen molar-refractivity contribution in [3.63, 3.8) is 0 Å². The highest BCUT2D eigenvalue weighted by Gasteiger charge is 2.15. The van der Waals surface area contributed by atoms with Gasteiger partial charge >= 0.3 is 5.69 Å². The normalized spacial score (nSPS) is 13.4. The maximum Gasteiger partial charge on any atom is 0.304 e. The number of thiophene rings is 1. The first-order valence-corrected chi connectivity index (χ1v) is 7.69. The van der Waals surface area contributed by atoms with E-state index in [9.17, 15) is 14.5 Å². The monoisotopic (exact) mass is 306 g/mol. The van der Waals surface area contributed by atoms with Gasteiger partial charge in [-0.1, -0.05) is 6.07 Å². The molecule has 0 saturated heterocycles. The maximum atomic E-state index is 13.5. The minimum Gasteiger partial charge on any atom is -0.308 e. The van der Waals surface area contributed by atoms with Gasteiger partial charge in [-0.15, -0.1) is 11.3 Å². The standard InChI is InChI=1S/C15H15FN2O2S/c16-13-6-10(4-5-14(13)18(19)20)8-17-9-12-7-11-2-1-3-15(11)21-12/h4-7,17H,1-3,8-9H2. The fourth-order valence-electron chi connectivity index (χ4n) is 2.62. The second-order valence-corrected chi connectivity index (χ2v) is 6.38. The number of aryl methyl sites for hydroxylation is 2. The van der Waals surface area contributed by atoms with Crippen LogP contribution in [-0.4, -0.2) is 4.92 Å². The smallest absolute Gasteiger partial charge is 0.304 e. The van der Waals surface area contributed by atoms with Crippen LogP contribution in [0.1, 0.15) is 27.3 Å². The zero-order valence-corrected chi connectivity index (χ0v) is 12.2. The number of fused-ring (bicyclic) bond motifs is 1. The lowest BCUT2D eigenvalue weighted by atomic mass is 10.2. The van der Waals surface area contributed by atoms with Gasteiger partial charge < -0.3 is 5.32 Å². The summed E-state index contributed by atoms with van der Waals surface area (Å²) in [6.45, 7) is 1.24. The highest BCUT2D eigenvalue weighted by molar-refractivity contribution is 7.12. The summed E-state index contributed by atoms with van der Waals surface area (Å²) in [5, 5.41) is 13.8. The Labute approximate surface area is 125 Å². The first-order chi connectivity index (χ1) is 10.1. The molecule has 0 fully saturated rings. The predicted molar refractivity (Wildman–Crippen MR) is 79.9 cm³/mol. The molecular weight excluding hydrogens is 291 g/mol. The maximum absolute atomic E-state index is 13.5. The third-order valence-electron chi connectivity index (χ3n) is 3.63. The predicted octanol–water partition coefficient (Wildman–Crippen LogP) is 3.57. The van der Waals surface area contributed by atoms with Gasteiger partial charge in [-0.2, -0.15) is 4.39 Å². The van der Waals surface area contributed by atoms with Crippen LogP contribution in [-0.2, 0) is 25.9 Å². The van der Waals surface area contributed by atoms with Crippen LogP contribution in [0.15, 0.2) is 24.3 Å². The Morgan fingerprint density at radius 1 is 1.29 bits per heavy atom. The number of nitrogens with one attached hydrogen (secondary N) is 1. The molecule has 0 bridgehead atoms. The first-order valence-electron chi connectivity index (χ1n) is 6.87. The van der Waals surface area contributed by atoms with E-state index in [1.165, 1.54) is 46.7 Å². The van der Waals surface area contributed by atoms with Crippen LogP contribution in [0.25, 0.3) is 0 Å². The number of nitro benzene ring substituents is 1. The van der Waals surface area contributed by atoms with Crippen LogP contribution in [0.4, 0.5) is 10.1 Å². The van der Waals surface area contributed by atoms with Crippen molar-refractivity contribution in [2.24, 2.45) is 0 Å². The van der Waals surface area contributed by atoms with Gasteiger partial charge in [0, 0.05) is 28.9 Å². The number of halogens is 1. The van der Waals surface area contributed by atoms with Crippen molar-refractivity contribution in [2.75, 3.05) is 0 Å². The topological polar surface area (TPSA) is 55.2 Å². The summed E-state index contributed by atoms with van der Waals surface area (Å²) in [4.78, 5) is 12.6. The molecule has 0 spiro atoms. The van der Waals surface area contributed by atoms with Crippen LogP contribution in [0.3, 0.4) is 0 Å². The van der Waals surface area contributed by atoms with Gasteiger partial charge in [0.05, 0.1) is 4.92 Å². The third-order valence-corrected chi connectivity index (χ3v) is 4.87. The molecule has 1 heterocycles. The number of hydrogen-bond donors (Lipinski definition) is 1. The summed E-state index contributed by atoms with van der Waals surface area (Å²) in [5.41, 5.74) is 1.70. The van der Waals surface area contributed by atoms with E-state index in [-0.39, 0.29) is 0 Å². The van der Waals surface area contributed by atoms with Crippen molar-refractivity contribution in [2.45, 2.75) is 32.4 Å². The molecule has 1 aromatic carbocycles. The van der Waals surface area contributed by atoms with Crippen molar-refractivity contribution >= 4 is 17.0 Å². The molecule has 1 aliphatic carbocycles. The fraction of sp³-hybridized carbons (Fsp3) is 0.333. The van der Waals surface area contributed by atoms with Crippen molar-refractivity contribution in [3.05, 3.63) is 61.1 Å². The van der Waals surface area contributed by atoms with Gasteiger partial charge in [0.25, 0.3) is 0 Å². The number of rotatable bonds is 5. The van der Waals surface area contributed by atoms with Gasteiger partial charge in [-0.3, -0.25) is 10.1 Å². The number of nitro groups is 1. The van der Waals surface area contributed by atoms with E-state index >= 15 is 0 Å². The van der Waals surface area contributed by atoms with Crippen LogP contribution in [0.5, 0.6) is 0 Å². The molecule has 0 atom stereocenters. The zero-order valence-electron chi connectivity index (χ0n) is 11.4. The van der Waals surface area contributed by atoms with Crippen LogP contribution < -0.4 is 5.32 Å². The highest BCUT2D eigenvalue weighted by atomic mass is 32.1. The molecule has 0 aliphatic heterocycles. The Bertz CT molecular complexity index is 663. The second kappa shape index (κ2) is 5.91. The van der Waals surface area contributed by atoms with Gasteiger partial charge in [-0.05, 0) is 42.5 Å². The fourth-order valence-corrected chi connectivity index (χ4v) is 3.85. The number of hydrogen-bond acceptors (Lipinski definition) is 4. The van der Waals surface area contributed by atoms with Gasteiger partial charge in [0.1, 0.15) is 0 Å².